The minimum atomic E-state index is -3.64. The van der Waals surface area contributed by atoms with Crippen molar-refractivity contribution >= 4 is 19.7 Å². The van der Waals surface area contributed by atoms with E-state index in [1.807, 2.05) is 0 Å². The van der Waals surface area contributed by atoms with Crippen molar-refractivity contribution in [3.05, 3.63) is 23.3 Å². The lowest BCUT2D eigenvalue weighted by molar-refractivity contribution is 0.356. The van der Waals surface area contributed by atoms with Gasteiger partial charge < -0.3 is 4.74 Å². The number of benzene rings is 1. The molecule has 1 heterocycles. The first-order valence-electron chi connectivity index (χ1n) is 4.19. The molecule has 76 valence electrons. The highest BCUT2D eigenvalue weighted by molar-refractivity contribution is 8.13. The van der Waals surface area contributed by atoms with Crippen molar-refractivity contribution in [1.29, 1.82) is 0 Å². The molecule has 0 N–H and O–H groups in total. The molecule has 0 amide bonds. The predicted octanol–water partition coefficient (Wildman–Crippen LogP) is 1.86. The third kappa shape index (κ3) is 1.60. The van der Waals surface area contributed by atoms with E-state index in [-0.39, 0.29) is 4.90 Å². The first-order chi connectivity index (χ1) is 6.48. The molecule has 1 aromatic carbocycles. The topological polar surface area (TPSA) is 43.4 Å². The molecule has 0 saturated heterocycles. The number of fused-ring (bicyclic) bond motifs is 1. The van der Waals surface area contributed by atoms with Crippen LogP contribution in [0.4, 0.5) is 0 Å². The molecular weight excluding hydrogens is 224 g/mol. The van der Waals surface area contributed by atoms with Crippen LogP contribution in [0.25, 0.3) is 0 Å². The van der Waals surface area contributed by atoms with Gasteiger partial charge in [-0.05, 0) is 30.2 Å². The second-order valence-electron chi connectivity index (χ2n) is 3.26. The van der Waals surface area contributed by atoms with Gasteiger partial charge in [0.05, 0.1) is 11.5 Å². The Bertz CT molecular complexity index is 479. The normalized spacial score (nSPS) is 15.0. The molecular formula is C9H9ClO3S. The van der Waals surface area contributed by atoms with Gasteiger partial charge in [-0.2, -0.15) is 0 Å². The van der Waals surface area contributed by atoms with Gasteiger partial charge in [-0.15, -0.1) is 0 Å². The van der Waals surface area contributed by atoms with Gasteiger partial charge in [0, 0.05) is 17.1 Å². The van der Waals surface area contributed by atoms with E-state index < -0.39 is 9.05 Å². The highest BCUT2D eigenvalue weighted by Crippen LogP contribution is 2.31. The van der Waals surface area contributed by atoms with E-state index in [1.54, 1.807) is 19.1 Å². The maximum absolute atomic E-state index is 11.2. The zero-order valence-corrected chi connectivity index (χ0v) is 9.15. The van der Waals surface area contributed by atoms with Gasteiger partial charge in [-0.3, -0.25) is 0 Å². The van der Waals surface area contributed by atoms with Gasteiger partial charge in [0.1, 0.15) is 5.75 Å². The Hall–Kier alpha value is -0.740. The van der Waals surface area contributed by atoms with Crippen LogP contribution in [0.5, 0.6) is 5.75 Å². The second-order valence-corrected chi connectivity index (χ2v) is 5.80. The Labute approximate surface area is 87.1 Å². The van der Waals surface area contributed by atoms with E-state index in [1.165, 1.54) is 0 Å². The Morgan fingerprint density at radius 3 is 2.79 bits per heavy atom. The van der Waals surface area contributed by atoms with Crippen LogP contribution in [0, 0.1) is 6.92 Å². The smallest absolute Gasteiger partial charge is 0.261 e. The Morgan fingerprint density at radius 1 is 1.43 bits per heavy atom. The van der Waals surface area contributed by atoms with Gasteiger partial charge in [-0.1, -0.05) is 0 Å². The SMILES string of the molecule is Cc1cc2c(cc1S(=O)(=O)Cl)CCO2. The van der Waals surface area contributed by atoms with Crippen LogP contribution < -0.4 is 4.74 Å². The number of ether oxygens (including phenoxy) is 1. The quantitative estimate of drug-likeness (QED) is 0.695. The molecule has 0 aromatic heterocycles. The van der Waals surface area contributed by atoms with E-state index in [4.69, 9.17) is 15.4 Å². The molecule has 3 nitrogen and oxygen atoms in total. The van der Waals surface area contributed by atoms with Crippen molar-refractivity contribution in [2.24, 2.45) is 0 Å². The van der Waals surface area contributed by atoms with Gasteiger partial charge in [-0.25, -0.2) is 8.42 Å². The summed E-state index contributed by atoms with van der Waals surface area (Å²) in [5.41, 5.74) is 1.54. The maximum Gasteiger partial charge on any atom is 0.261 e. The lowest BCUT2D eigenvalue weighted by Gasteiger charge is -2.05. The first-order valence-corrected chi connectivity index (χ1v) is 6.50. The number of halogens is 1. The molecule has 1 aliphatic rings. The monoisotopic (exact) mass is 232 g/mol. The highest BCUT2D eigenvalue weighted by atomic mass is 35.7. The van der Waals surface area contributed by atoms with Crippen LogP contribution in [0.15, 0.2) is 17.0 Å². The minimum Gasteiger partial charge on any atom is -0.493 e. The Kier molecular flexibility index (Phi) is 2.20. The first kappa shape index (κ1) is 9.80. The van der Waals surface area contributed by atoms with Crippen LogP contribution in [-0.4, -0.2) is 15.0 Å². The van der Waals surface area contributed by atoms with E-state index in [0.717, 1.165) is 17.7 Å². The molecule has 0 fully saturated rings. The van der Waals surface area contributed by atoms with Gasteiger partial charge >= 0.3 is 0 Å². The van der Waals surface area contributed by atoms with Crippen molar-refractivity contribution in [3.63, 3.8) is 0 Å². The van der Waals surface area contributed by atoms with Gasteiger partial charge in [0.15, 0.2) is 0 Å². The zero-order valence-electron chi connectivity index (χ0n) is 7.58. The molecule has 0 saturated carbocycles. The molecule has 0 bridgehead atoms. The summed E-state index contributed by atoms with van der Waals surface area (Å²) in [6.07, 6.45) is 0.745. The average molecular weight is 233 g/mol. The summed E-state index contributed by atoms with van der Waals surface area (Å²) in [6.45, 7) is 2.32. The molecule has 0 atom stereocenters. The van der Waals surface area contributed by atoms with Crippen LogP contribution in [0.3, 0.4) is 0 Å². The third-order valence-electron chi connectivity index (χ3n) is 2.25. The molecule has 0 spiro atoms. The summed E-state index contributed by atoms with van der Waals surface area (Å²) < 4.78 is 27.7. The van der Waals surface area contributed by atoms with Crippen molar-refractivity contribution in [1.82, 2.24) is 0 Å². The molecule has 0 aliphatic carbocycles. The van der Waals surface area contributed by atoms with Crippen molar-refractivity contribution in [2.45, 2.75) is 18.2 Å². The summed E-state index contributed by atoms with van der Waals surface area (Å²) in [5, 5.41) is 0. The zero-order chi connectivity index (χ0) is 10.3. The average Bonchev–Trinajstić information content (AvgIpc) is 2.47. The van der Waals surface area contributed by atoms with Gasteiger partial charge in [0.25, 0.3) is 9.05 Å². The number of hydrogen-bond acceptors (Lipinski definition) is 3. The molecule has 1 aliphatic heterocycles. The van der Waals surface area contributed by atoms with Crippen LogP contribution in [-0.2, 0) is 15.5 Å². The highest BCUT2D eigenvalue weighted by Gasteiger charge is 2.20. The summed E-state index contributed by atoms with van der Waals surface area (Å²) in [5.74, 6) is 0.770. The molecule has 1 aromatic rings. The van der Waals surface area contributed by atoms with E-state index in [9.17, 15) is 8.42 Å². The number of hydrogen-bond donors (Lipinski definition) is 0. The van der Waals surface area contributed by atoms with E-state index in [2.05, 4.69) is 0 Å². The van der Waals surface area contributed by atoms with Crippen LogP contribution >= 0.6 is 10.7 Å². The predicted molar refractivity (Wildman–Crippen MR) is 53.4 cm³/mol. The fourth-order valence-electron chi connectivity index (χ4n) is 1.57. The van der Waals surface area contributed by atoms with E-state index in [0.29, 0.717) is 12.2 Å². The molecule has 0 radical (unpaired) electrons. The summed E-state index contributed by atoms with van der Waals surface area (Å²) in [7, 11) is 1.66. The van der Waals surface area contributed by atoms with Crippen molar-refractivity contribution in [3.8, 4) is 5.75 Å². The number of aryl methyl sites for hydroxylation is 1. The summed E-state index contributed by atoms with van der Waals surface area (Å²) in [6, 6.07) is 3.32. The Morgan fingerprint density at radius 2 is 2.14 bits per heavy atom. The third-order valence-corrected chi connectivity index (χ3v) is 3.71. The fraction of sp³-hybridized carbons (Fsp3) is 0.333. The summed E-state index contributed by atoms with van der Waals surface area (Å²) in [4.78, 5) is 0.184. The van der Waals surface area contributed by atoms with Crippen LogP contribution in [0.1, 0.15) is 11.1 Å². The standard InChI is InChI=1S/C9H9ClO3S/c1-6-4-8-7(2-3-13-8)5-9(6)14(10,11)12/h4-5H,2-3H2,1H3. The number of rotatable bonds is 1. The lowest BCUT2D eigenvalue weighted by Crippen LogP contribution is -1.95. The van der Waals surface area contributed by atoms with E-state index >= 15 is 0 Å². The maximum atomic E-state index is 11.2. The molecule has 5 heteroatoms. The van der Waals surface area contributed by atoms with Crippen molar-refractivity contribution in [2.75, 3.05) is 6.61 Å². The summed E-state index contributed by atoms with van der Waals surface area (Å²) >= 11 is 0. The molecule has 0 unspecified atom stereocenters. The fourth-order valence-corrected chi connectivity index (χ4v) is 2.79. The van der Waals surface area contributed by atoms with Crippen molar-refractivity contribution < 1.29 is 13.2 Å². The second kappa shape index (κ2) is 3.14. The largest absolute Gasteiger partial charge is 0.493 e. The van der Waals surface area contributed by atoms with Crippen LogP contribution in [0.2, 0.25) is 0 Å². The molecule has 2 rings (SSSR count). The lowest BCUT2D eigenvalue weighted by atomic mass is 10.1. The molecule has 14 heavy (non-hydrogen) atoms. The minimum absolute atomic E-state index is 0.184. The Balaban J connectivity index is 2.65. The van der Waals surface area contributed by atoms with Gasteiger partial charge in [0.2, 0.25) is 0 Å².